The van der Waals surface area contributed by atoms with E-state index in [2.05, 4.69) is 66.2 Å². The number of aromatic nitrogens is 2. The van der Waals surface area contributed by atoms with Crippen molar-refractivity contribution >= 4 is 55.6 Å². The van der Waals surface area contributed by atoms with Gasteiger partial charge in [-0.3, -0.25) is 19.7 Å². The van der Waals surface area contributed by atoms with Crippen molar-refractivity contribution in [3.63, 3.8) is 0 Å². The van der Waals surface area contributed by atoms with E-state index in [0.717, 1.165) is 66.4 Å². The minimum Gasteiger partial charge on any atom is -0.457 e. The van der Waals surface area contributed by atoms with Gasteiger partial charge >= 0.3 is 0 Å². The zero-order valence-corrected chi connectivity index (χ0v) is 33.6. The van der Waals surface area contributed by atoms with Crippen molar-refractivity contribution in [1.82, 2.24) is 14.9 Å². The van der Waals surface area contributed by atoms with Crippen molar-refractivity contribution in [3.8, 4) is 22.6 Å². The van der Waals surface area contributed by atoms with E-state index in [4.69, 9.17) is 4.74 Å². The maximum atomic E-state index is 13.6. The van der Waals surface area contributed by atoms with Gasteiger partial charge in [-0.05, 0) is 83.4 Å². The Labute approximate surface area is 347 Å². The summed E-state index contributed by atoms with van der Waals surface area (Å²) >= 11 is 1.61. The fraction of sp³-hybridized carbons (Fsp3) is 0.156. The largest absolute Gasteiger partial charge is 0.457 e. The Kier molecular flexibility index (Phi) is 12.0. The number of benzene rings is 6. The molecule has 1 aliphatic heterocycles. The van der Waals surface area contributed by atoms with Crippen LogP contribution in [0.5, 0.6) is 11.5 Å². The molecule has 0 bridgehead atoms. The molecule has 7 aromatic rings. The Morgan fingerprint density at radius 1 is 0.763 bits per heavy atom. The van der Waals surface area contributed by atoms with Gasteiger partial charge in [-0.25, -0.2) is 18.4 Å². The molecule has 8 rings (SSSR count). The molecule has 59 heavy (non-hydrogen) atoms. The van der Waals surface area contributed by atoms with Crippen LogP contribution in [0.1, 0.15) is 5.56 Å². The van der Waals surface area contributed by atoms with E-state index in [1.54, 1.807) is 11.8 Å². The smallest absolute Gasteiger partial charge is 0.293 e. The average Bonchev–Trinajstić information content (AvgIpc) is 3.26. The highest BCUT2D eigenvalue weighted by Gasteiger charge is 2.24. The summed E-state index contributed by atoms with van der Waals surface area (Å²) in [7, 11) is -4.23. The summed E-state index contributed by atoms with van der Waals surface area (Å²) in [5.41, 5.74) is 5.04. The van der Waals surface area contributed by atoms with E-state index in [1.165, 1.54) is 29.6 Å². The van der Waals surface area contributed by atoms with Crippen LogP contribution in [0, 0.1) is 10.1 Å². The highest BCUT2D eigenvalue weighted by Crippen LogP contribution is 2.32. The molecule has 0 aliphatic carbocycles. The molecule has 1 aliphatic rings. The van der Waals surface area contributed by atoms with E-state index < -0.39 is 14.9 Å². The van der Waals surface area contributed by atoms with E-state index in [9.17, 15) is 18.5 Å². The topological polar surface area (TPSA) is 143 Å². The molecule has 12 nitrogen and oxygen atoms in total. The van der Waals surface area contributed by atoms with E-state index in [0.29, 0.717) is 23.2 Å². The number of hydrogen-bond donors (Lipinski definition) is 2. The van der Waals surface area contributed by atoms with Crippen LogP contribution in [0.25, 0.3) is 22.0 Å². The van der Waals surface area contributed by atoms with Gasteiger partial charge in [0.15, 0.2) is 5.82 Å². The van der Waals surface area contributed by atoms with Crippen LogP contribution in [0.15, 0.2) is 162 Å². The first-order valence-corrected chi connectivity index (χ1v) is 21.6. The van der Waals surface area contributed by atoms with Gasteiger partial charge in [0.1, 0.15) is 23.5 Å². The Bertz CT molecular complexity index is 2660. The minimum absolute atomic E-state index is 0.0891. The zero-order chi connectivity index (χ0) is 40.6. The second-order valence-electron chi connectivity index (χ2n) is 13.9. The lowest BCUT2D eigenvalue weighted by molar-refractivity contribution is -0.384. The molecule has 1 saturated heterocycles. The Morgan fingerprint density at radius 2 is 1.47 bits per heavy atom. The molecular weight excluding hydrogens is 783 g/mol. The number of nitro benzene ring substituents is 1. The molecule has 2 N–H and O–H groups in total. The standard InChI is InChI=1S/C45H41N7O5S2/c53-52(54)44-30-39(20-22-42(44)46-23-28-58-38-12-5-2-6-13-38)59(55,56)49-45-41-21-17-35(29-43(41)47-32-48-45)51-26-24-50(25-27-51)31-34-9-7-8-14-40(34)33-15-18-37(19-16-33)57-36-10-3-1-4-11-36/h1-22,29-30,32,46H,23-28,31H2,(H,47,48,49). The molecule has 6 aromatic carbocycles. The number of sulfonamides is 1. The number of anilines is 3. The number of fused-ring (bicyclic) bond motifs is 1. The second-order valence-corrected chi connectivity index (χ2v) is 16.8. The molecule has 0 unspecified atom stereocenters. The third-order valence-corrected chi connectivity index (χ3v) is 12.4. The van der Waals surface area contributed by atoms with E-state index >= 15 is 0 Å². The summed E-state index contributed by atoms with van der Waals surface area (Å²) in [6.07, 6.45) is 1.31. The number of rotatable bonds is 15. The summed E-state index contributed by atoms with van der Waals surface area (Å²) < 4.78 is 35.7. The summed E-state index contributed by atoms with van der Waals surface area (Å²) in [5, 5.41) is 15.6. The number of nitrogens with one attached hydrogen (secondary N) is 2. The fourth-order valence-electron chi connectivity index (χ4n) is 7.03. The van der Waals surface area contributed by atoms with Crippen LogP contribution >= 0.6 is 11.8 Å². The first-order chi connectivity index (χ1) is 28.8. The molecule has 0 amide bonds. The van der Waals surface area contributed by atoms with Gasteiger partial charge in [-0.2, -0.15) is 0 Å². The molecule has 1 fully saturated rings. The van der Waals surface area contributed by atoms with Crippen molar-refractivity contribution in [2.45, 2.75) is 16.3 Å². The van der Waals surface area contributed by atoms with Gasteiger partial charge in [-0.15, -0.1) is 11.8 Å². The maximum absolute atomic E-state index is 13.6. The fourth-order valence-corrected chi connectivity index (χ4v) is 8.87. The third kappa shape index (κ3) is 9.63. The van der Waals surface area contributed by atoms with Crippen molar-refractivity contribution in [2.75, 3.05) is 53.4 Å². The van der Waals surface area contributed by atoms with Gasteiger partial charge in [0.2, 0.25) is 0 Å². The number of nitrogens with zero attached hydrogens (tertiary/aromatic N) is 5. The maximum Gasteiger partial charge on any atom is 0.293 e. The monoisotopic (exact) mass is 823 g/mol. The van der Waals surface area contributed by atoms with Gasteiger partial charge in [0.25, 0.3) is 15.7 Å². The molecule has 0 radical (unpaired) electrons. The number of piperazine rings is 1. The number of thioether (sulfide) groups is 1. The van der Waals surface area contributed by atoms with Crippen molar-refractivity contribution in [3.05, 3.63) is 168 Å². The Balaban J connectivity index is 0.892. The predicted octanol–water partition coefficient (Wildman–Crippen LogP) is 9.32. The van der Waals surface area contributed by atoms with Crippen molar-refractivity contribution in [1.29, 1.82) is 0 Å². The van der Waals surface area contributed by atoms with Gasteiger partial charge < -0.3 is 15.0 Å². The number of hydrogen-bond acceptors (Lipinski definition) is 11. The van der Waals surface area contributed by atoms with Gasteiger partial charge in [0.05, 0.1) is 15.3 Å². The SMILES string of the molecule is O=[N+]([O-])c1cc(S(=O)(=O)Nc2ncnc3cc(N4CCN(Cc5ccccc5-c5ccc(Oc6ccccc6)cc5)CC4)ccc23)ccc1NCCSc1ccccc1. The number of para-hydroxylation sites is 1. The van der Waals surface area contributed by atoms with Crippen LogP contribution in [0.2, 0.25) is 0 Å². The normalized spacial score (nSPS) is 13.3. The van der Waals surface area contributed by atoms with E-state index in [1.807, 2.05) is 91.0 Å². The zero-order valence-electron chi connectivity index (χ0n) is 32.0. The molecule has 0 atom stereocenters. The third-order valence-electron chi connectivity index (χ3n) is 10.0. The average molecular weight is 824 g/mol. The lowest BCUT2D eigenvalue weighted by Gasteiger charge is -2.36. The predicted molar refractivity (Wildman–Crippen MR) is 235 cm³/mol. The first kappa shape index (κ1) is 39.4. The summed E-state index contributed by atoms with van der Waals surface area (Å²) in [5.74, 6) is 2.35. The highest BCUT2D eigenvalue weighted by atomic mass is 32.2. The lowest BCUT2D eigenvalue weighted by atomic mass is 9.99. The summed E-state index contributed by atoms with van der Waals surface area (Å²) in [6.45, 7) is 4.60. The molecular formula is C45H41N7O5S2. The highest BCUT2D eigenvalue weighted by molar-refractivity contribution is 7.99. The molecule has 2 heterocycles. The van der Waals surface area contributed by atoms with Crippen LogP contribution < -0.4 is 19.7 Å². The lowest BCUT2D eigenvalue weighted by Crippen LogP contribution is -2.46. The minimum atomic E-state index is -4.23. The van der Waals surface area contributed by atoms with Crippen LogP contribution in [0.4, 0.5) is 22.9 Å². The van der Waals surface area contributed by atoms with Gasteiger partial charge in [0, 0.05) is 67.1 Å². The summed E-state index contributed by atoms with van der Waals surface area (Å²) in [6, 6.07) is 45.8. The molecule has 298 valence electrons. The molecule has 1 aromatic heterocycles. The first-order valence-electron chi connectivity index (χ1n) is 19.2. The molecule has 14 heteroatoms. The van der Waals surface area contributed by atoms with Crippen LogP contribution in [-0.2, 0) is 16.6 Å². The quantitative estimate of drug-likeness (QED) is 0.0442. The number of nitro groups is 1. The number of ether oxygens (including phenoxy) is 1. The summed E-state index contributed by atoms with van der Waals surface area (Å²) in [4.78, 5) is 25.7. The molecule has 0 saturated carbocycles. The molecule has 0 spiro atoms. The van der Waals surface area contributed by atoms with Gasteiger partial charge in [-0.1, -0.05) is 72.8 Å². The second kappa shape index (κ2) is 18.0. The van der Waals surface area contributed by atoms with Crippen LogP contribution in [-0.4, -0.2) is 66.7 Å². The van der Waals surface area contributed by atoms with Crippen molar-refractivity contribution in [2.24, 2.45) is 0 Å². The van der Waals surface area contributed by atoms with Crippen LogP contribution in [0.3, 0.4) is 0 Å². The Morgan fingerprint density at radius 3 is 2.24 bits per heavy atom. The van der Waals surface area contributed by atoms with Crippen molar-refractivity contribution < 1.29 is 18.1 Å². The Hall–Kier alpha value is -6.48. The van der Waals surface area contributed by atoms with E-state index in [-0.39, 0.29) is 22.1 Å².